The number of amides is 2. The molecule has 4 rings (SSSR count). The van der Waals surface area contributed by atoms with Crippen molar-refractivity contribution in [3.05, 3.63) is 50.9 Å². The van der Waals surface area contributed by atoms with Gasteiger partial charge in [0.05, 0.1) is 16.1 Å². The van der Waals surface area contributed by atoms with Gasteiger partial charge in [-0.3, -0.25) is 9.59 Å². The largest absolute Gasteiger partial charge is 0.339 e. The molecule has 2 heterocycles. The molecule has 1 saturated heterocycles. The molecule has 1 aromatic heterocycles. The van der Waals surface area contributed by atoms with Gasteiger partial charge in [0, 0.05) is 18.0 Å². The van der Waals surface area contributed by atoms with Crippen molar-refractivity contribution in [1.82, 2.24) is 4.90 Å². The van der Waals surface area contributed by atoms with Crippen LogP contribution in [0.15, 0.2) is 24.3 Å². The molecule has 1 N–H and O–H groups in total. The van der Waals surface area contributed by atoms with Crippen LogP contribution in [0.4, 0.5) is 5.00 Å². The molecule has 1 aromatic carbocycles. The molecule has 0 unspecified atom stereocenters. The van der Waals surface area contributed by atoms with E-state index in [0.717, 1.165) is 56.3 Å². The van der Waals surface area contributed by atoms with E-state index in [0.29, 0.717) is 21.5 Å². The van der Waals surface area contributed by atoms with Crippen molar-refractivity contribution in [2.24, 2.45) is 5.92 Å². The average Bonchev–Trinajstić information content (AvgIpc) is 2.87. The Morgan fingerprint density at radius 3 is 2.59 bits per heavy atom. The predicted molar refractivity (Wildman–Crippen MR) is 119 cm³/mol. The summed E-state index contributed by atoms with van der Waals surface area (Å²) in [5.74, 6) is 0.426. The fraction of sp³-hybridized carbons (Fsp3) is 0.478. The fourth-order valence-electron chi connectivity index (χ4n) is 4.31. The van der Waals surface area contributed by atoms with Gasteiger partial charge in [0.1, 0.15) is 5.00 Å². The third kappa shape index (κ3) is 4.36. The normalized spacial score (nSPS) is 19.4. The Morgan fingerprint density at radius 2 is 1.86 bits per heavy atom. The topological polar surface area (TPSA) is 49.4 Å². The average molecular weight is 431 g/mol. The number of nitrogens with one attached hydrogen (secondary N) is 1. The third-order valence-electron chi connectivity index (χ3n) is 5.96. The Kier molecular flexibility index (Phi) is 6.26. The van der Waals surface area contributed by atoms with Crippen LogP contribution >= 0.6 is 22.9 Å². The third-order valence-corrected chi connectivity index (χ3v) is 7.46. The molecule has 2 aliphatic rings. The highest BCUT2D eigenvalue weighted by molar-refractivity contribution is 7.17. The Morgan fingerprint density at radius 1 is 1.14 bits per heavy atom. The van der Waals surface area contributed by atoms with Crippen LogP contribution in [-0.4, -0.2) is 29.8 Å². The number of anilines is 1. The van der Waals surface area contributed by atoms with Gasteiger partial charge in [-0.15, -0.1) is 11.3 Å². The van der Waals surface area contributed by atoms with E-state index in [-0.39, 0.29) is 11.8 Å². The number of hydrogen-bond donors (Lipinski definition) is 1. The Bertz CT molecular complexity index is 916. The number of hydrogen-bond acceptors (Lipinski definition) is 3. The maximum Gasteiger partial charge on any atom is 0.257 e. The van der Waals surface area contributed by atoms with E-state index in [1.54, 1.807) is 35.6 Å². The number of thiophene rings is 1. The van der Waals surface area contributed by atoms with E-state index in [4.69, 9.17) is 11.6 Å². The molecule has 4 nitrogen and oxygen atoms in total. The van der Waals surface area contributed by atoms with Gasteiger partial charge in [-0.05, 0) is 55.7 Å². The monoisotopic (exact) mass is 430 g/mol. The van der Waals surface area contributed by atoms with Crippen molar-refractivity contribution in [2.45, 2.75) is 51.9 Å². The number of nitrogens with zero attached hydrogens (tertiary/aromatic N) is 1. The first-order valence-corrected chi connectivity index (χ1v) is 11.7. The van der Waals surface area contributed by atoms with Crippen molar-refractivity contribution in [1.29, 1.82) is 0 Å². The van der Waals surface area contributed by atoms with Gasteiger partial charge in [-0.1, -0.05) is 43.5 Å². The summed E-state index contributed by atoms with van der Waals surface area (Å²) in [5.41, 5.74) is 2.30. The number of likely N-dealkylation sites (tertiary alicyclic amines) is 1. The van der Waals surface area contributed by atoms with Gasteiger partial charge in [0.25, 0.3) is 11.8 Å². The fourth-order valence-corrected chi connectivity index (χ4v) is 5.93. The highest BCUT2D eigenvalue weighted by atomic mass is 35.5. The van der Waals surface area contributed by atoms with Crippen LogP contribution in [0, 0.1) is 5.92 Å². The molecule has 0 saturated carbocycles. The smallest absolute Gasteiger partial charge is 0.257 e. The zero-order chi connectivity index (χ0) is 20.4. The summed E-state index contributed by atoms with van der Waals surface area (Å²) in [5, 5.41) is 4.12. The SMILES string of the molecule is C[C@@H]1CCc2c(sc(NC(=O)c3ccccc3Cl)c2C(=O)N2CCCCCC2)C1. The van der Waals surface area contributed by atoms with Crippen LogP contribution in [0.3, 0.4) is 0 Å². The van der Waals surface area contributed by atoms with Crippen LogP contribution in [0.25, 0.3) is 0 Å². The number of benzene rings is 1. The minimum atomic E-state index is -0.257. The van der Waals surface area contributed by atoms with Crippen molar-refractivity contribution in [2.75, 3.05) is 18.4 Å². The summed E-state index contributed by atoms with van der Waals surface area (Å²) < 4.78 is 0. The number of rotatable bonds is 3. The standard InChI is InChI=1S/C23H27ClN2O2S/c1-15-10-11-17-19(14-15)29-22(25-21(27)16-8-4-5-9-18(16)24)20(17)23(28)26-12-6-2-3-7-13-26/h4-5,8-9,15H,2-3,6-7,10-14H2,1H3,(H,25,27)/t15-/m1/s1. The summed E-state index contributed by atoms with van der Waals surface area (Å²) in [6, 6.07) is 7.02. The Labute approximate surface area is 181 Å². The Hall–Kier alpha value is -1.85. The highest BCUT2D eigenvalue weighted by Gasteiger charge is 2.31. The first-order chi connectivity index (χ1) is 14.0. The maximum atomic E-state index is 13.5. The molecule has 1 atom stereocenters. The van der Waals surface area contributed by atoms with Gasteiger partial charge in [-0.2, -0.15) is 0 Å². The van der Waals surface area contributed by atoms with Gasteiger partial charge in [-0.25, -0.2) is 0 Å². The van der Waals surface area contributed by atoms with Gasteiger partial charge in [0.15, 0.2) is 0 Å². The first-order valence-electron chi connectivity index (χ1n) is 10.5. The molecule has 29 heavy (non-hydrogen) atoms. The molecular weight excluding hydrogens is 404 g/mol. The minimum Gasteiger partial charge on any atom is -0.339 e. The van der Waals surface area contributed by atoms with E-state index >= 15 is 0 Å². The van der Waals surface area contributed by atoms with Crippen LogP contribution in [0.5, 0.6) is 0 Å². The summed E-state index contributed by atoms with van der Waals surface area (Å²) in [4.78, 5) is 29.7. The lowest BCUT2D eigenvalue weighted by Crippen LogP contribution is -2.33. The van der Waals surface area contributed by atoms with Crippen molar-refractivity contribution >= 4 is 39.8 Å². The van der Waals surface area contributed by atoms with E-state index in [1.807, 2.05) is 4.90 Å². The van der Waals surface area contributed by atoms with Crippen molar-refractivity contribution in [3.63, 3.8) is 0 Å². The minimum absolute atomic E-state index is 0.0772. The number of halogens is 1. The van der Waals surface area contributed by atoms with Crippen LogP contribution in [0.2, 0.25) is 5.02 Å². The summed E-state index contributed by atoms with van der Waals surface area (Å²) in [6.07, 6.45) is 7.43. The molecule has 0 radical (unpaired) electrons. The van der Waals surface area contributed by atoms with Crippen molar-refractivity contribution < 1.29 is 9.59 Å². The van der Waals surface area contributed by atoms with Crippen molar-refractivity contribution in [3.8, 4) is 0 Å². The molecule has 1 aliphatic carbocycles. The molecule has 1 fully saturated rings. The molecule has 6 heteroatoms. The number of carbonyl (C=O) groups excluding carboxylic acids is 2. The predicted octanol–water partition coefficient (Wildman–Crippen LogP) is 5.79. The van der Waals surface area contributed by atoms with E-state index < -0.39 is 0 Å². The highest BCUT2D eigenvalue weighted by Crippen LogP contribution is 2.40. The summed E-state index contributed by atoms with van der Waals surface area (Å²) in [7, 11) is 0. The Balaban J connectivity index is 1.68. The van der Waals surface area contributed by atoms with E-state index in [2.05, 4.69) is 12.2 Å². The molecule has 2 amide bonds. The molecule has 1 aliphatic heterocycles. The second kappa shape index (κ2) is 8.88. The van der Waals surface area contributed by atoms with Crippen LogP contribution in [0.1, 0.15) is 70.2 Å². The lowest BCUT2D eigenvalue weighted by Gasteiger charge is -2.23. The molecule has 0 bridgehead atoms. The lowest BCUT2D eigenvalue weighted by molar-refractivity contribution is 0.0761. The van der Waals surface area contributed by atoms with Crippen LogP contribution < -0.4 is 5.32 Å². The second-order valence-corrected chi connectivity index (χ2v) is 9.71. The quantitative estimate of drug-likeness (QED) is 0.669. The summed E-state index contributed by atoms with van der Waals surface area (Å²) in [6.45, 7) is 3.86. The second-order valence-electron chi connectivity index (χ2n) is 8.20. The number of fused-ring (bicyclic) bond motifs is 1. The van der Waals surface area contributed by atoms with E-state index in [9.17, 15) is 9.59 Å². The number of carbonyl (C=O) groups is 2. The zero-order valence-corrected chi connectivity index (χ0v) is 18.4. The summed E-state index contributed by atoms with van der Waals surface area (Å²) >= 11 is 7.78. The maximum absolute atomic E-state index is 13.5. The molecule has 154 valence electrons. The first kappa shape index (κ1) is 20.4. The lowest BCUT2D eigenvalue weighted by atomic mass is 9.88. The molecule has 2 aromatic rings. The molecular formula is C23H27ClN2O2S. The van der Waals surface area contributed by atoms with Gasteiger partial charge in [0.2, 0.25) is 0 Å². The van der Waals surface area contributed by atoms with Gasteiger partial charge < -0.3 is 10.2 Å². The van der Waals surface area contributed by atoms with E-state index in [1.165, 1.54) is 17.7 Å². The van der Waals surface area contributed by atoms with Gasteiger partial charge >= 0.3 is 0 Å². The zero-order valence-electron chi connectivity index (χ0n) is 16.8. The van der Waals surface area contributed by atoms with Crippen LogP contribution in [-0.2, 0) is 12.8 Å². The molecule has 0 spiro atoms.